The standard InChI is InChI=1S/C16H14ClFN2O3S/c1-22-14-6-9(15(21)20-16(19)24)3-5-13(14)23-8-10-2-4-11(18)7-12(10)17/h2-7H,8H2,1H3,(H3,19,20,21,24). The number of methoxy groups -OCH3 is 1. The van der Waals surface area contributed by atoms with Crippen molar-refractivity contribution in [3.8, 4) is 11.5 Å². The van der Waals surface area contributed by atoms with E-state index in [0.29, 0.717) is 22.6 Å². The van der Waals surface area contributed by atoms with Gasteiger partial charge in [0.15, 0.2) is 16.6 Å². The number of rotatable bonds is 5. The fraction of sp³-hybridized carbons (Fsp3) is 0.125. The van der Waals surface area contributed by atoms with Gasteiger partial charge in [-0.05, 0) is 42.5 Å². The molecule has 0 aliphatic heterocycles. The molecular formula is C16H14ClFN2O3S. The van der Waals surface area contributed by atoms with Crippen molar-refractivity contribution in [3.05, 3.63) is 58.4 Å². The van der Waals surface area contributed by atoms with Gasteiger partial charge in [0.25, 0.3) is 5.91 Å². The molecule has 0 saturated heterocycles. The van der Waals surface area contributed by atoms with Gasteiger partial charge >= 0.3 is 0 Å². The first-order valence-electron chi connectivity index (χ1n) is 6.76. The van der Waals surface area contributed by atoms with Crippen molar-refractivity contribution in [2.75, 3.05) is 7.11 Å². The average Bonchev–Trinajstić information content (AvgIpc) is 2.53. The summed E-state index contributed by atoms with van der Waals surface area (Å²) in [5, 5.41) is 2.47. The van der Waals surface area contributed by atoms with Gasteiger partial charge in [-0.25, -0.2) is 4.39 Å². The topological polar surface area (TPSA) is 73.6 Å². The summed E-state index contributed by atoms with van der Waals surface area (Å²) in [4.78, 5) is 11.9. The van der Waals surface area contributed by atoms with Crippen LogP contribution in [0.3, 0.4) is 0 Å². The molecule has 0 fully saturated rings. The van der Waals surface area contributed by atoms with Gasteiger partial charge in [0, 0.05) is 11.1 Å². The molecule has 3 N–H and O–H groups in total. The summed E-state index contributed by atoms with van der Waals surface area (Å²) in [6.45, 7) is 0.119. The maximum absolute atomic E-state index is 13.0. The maximum Gasteiger partial charge on any atom is 0.257 e. The Bertz CT molecular complexity index is 786. The molecule has 5 nitrogen and oxygen atoms in total. The second kappa shape index (κ2) is 7.94. The minimum atomic E-state index is -0.450. The van der Waals surface area contributed by atoms with Crippen LogP contribution in [0.4, 0.5) is 4.39 Å². The quantitative estimate of drug-likeness (QED) is 0.793. The van der Waals surface area contributed by atoms with Crippen LogP contribution >= 0.6 is 23.8 Å². The zero-order valence-electron chi connectivity index (χ0n) is 12.6. The Hall–Kier alpha value is -2.38. The minimum Gasteiger partial charge on any atom is -0.493 e. The SMILES string of the molecule is COc1cc(C(=O)NC(N)=S)ccc1OCc1ccc(F)cc1Cl. The zero-order valence-corrected chi connectivity index (χ0v) is 14.2. The molecule has 0 aromatic heterocycles. The summed E-state index contributed by atoms with van der Waals surface area (Å²) in [7, 11) is 1.45. The van der Waals surface area contributed by atoms with Crippen molar-refractivity contribution in [1.29, 1.82) is 0 Å². The van der Waals surface area contributed by atoms with Crippen LogP contribution in [0.15, 0.2) is 36.4 Å². The summed E-state index contributed by atoms with van der Waals surface area (Å²) < 4.78 is 23.9. The second-order valence-electron chi connectivity index (χ2n) is 4.71. The lowest BCUT2D eigenvalue weighted by Crippen LogP contribution is -2.34. The highest BCUT2D eigenvalue weighted by molar-refractivity contribution is 7.80. The Morgan fingerprint density at radius 1 is 1.29 bits per heavy atom. The fourth-order valence-electron chi connectivity index (χ4n) is 1.91. The van der Waals surface area contributed by atoms with Gasteiger partial charge in [-0.3, -0.25) is 10.1 Å². The summed E-state index contributed by atoms with van der Waals surface area (Å²) in [5.74, 6) is -0.114. The summed E-state index contributed by atoms with van der Waals surface area (Å²) >= 11 is 10.6. The van der Waals surface area contributed by atoms with Crippen molar-refractivity contribution >= 4 is 34.8 Å². The van der Waals surface area contributed by atoms with Gasteiger partial charge in [-0.15, -0.1) is 0 Å². The summed E-state index contributed by atoms with van der Waals surface area (Å²) in [6, 6.07) is 8.65. The van der Waals surface area contributed by atoms with Gasteiger partial charge < -0.3 is 15.2 Å². The number of carbonyl (C=O) groups is 1. The van der Waals surface area contributed by atoms with Crippen LogP contribution in [0.2, 0.25) is 5.02 Å². The van der Waals surface area contributed by atoms with E-state index in [2.05, 4.69) is 17.5 Å². The molecule has 2 aromatic carbocycles. The van der Waals surface area contributed by atoms with E-state index in [4.69, 9.17) is 26.8 Å². The van der Waals surface area contributed by atoms with Crippen molar-refractivity contribution in [2.45, 2.75) is 6.61 Å². The molecule has 0 spiro atoms. The molecule has 0 aliphatic rings. The van der Waals surface area contributed by atoms with Gasteiger partial charge in [-0.1, -0.05) is 17.7 Å². The third-order valence-corrected chi connectivity index (χ3v) is 3.51. The molecule has 0 bridgehead atoms. The second-order valence-corrected chi connectivity index (χ2v) is 5.56. The van der Waals surface area contributed by atoms with E-state index in [1.54, 1.807) is 6.07 Å². The smallest absolute Gasteiger partial charge is 0.257 e. The first-order valence-corrected chi connectivity index (χ1v) is 7.55. The molecule has 8 heteroatoms. The molecule has 0 radical (unpaired) electrons. The lowest BCUT2D eigenvalue weighted by Gasteiger charge is -2.13. The number of nitrogens with one attached hydrogen (secondary N) is 1. The van der Waals surface area contributed by atoms with Crippen LogP contribution in [0.1, 0.15) is 15.9 Å². The number of benzene rings is 2. The molecule has 2 rings (SSSR count). The number of amides is 1. The number of hydrogen-bond acceptors (Lipinski definition) is 4. The molecule has 24 heavy (non-hydrogen) atoms. The van der Waals surface area contributed by atoms with Crippen LogP contribution in [0, 0.1) is 5.82 Å². The van der Waals surface area contributed by atoms with Crippen LogP contribution in [-0.4, -0.2) is 18.1 Å². The van der Waals surface area contributed by atoms with E-state index < -0.39 is 11.7 Å². The van der Waals surface area contributed by atoms with E-state index >= 15 is 0 Å². The number of halogens is 2. The molecule has 0 unspecified atom stereocenters. The number of hydrogen-bond donors (Lipinski definition) is 2. The molecule has 0 saturated carbocycles. The molecule has 2 aromatic rings. The maximum atomic E-state index is 13.0. The molecule has 0 aliphatic carbocycles. The van der Waals surface area contributed by atoms with Crippen LogP contribution in [0.25, 0.3) is 0 Å². The molecule has 126 valence electrons. The van der Waals surface area contributed by atoms with Crippen molar-refractivity contribution in [2.24, 2.45) is 5.73 Å². The van der Waals surface area contributed by atoms with Gasteiger partial charge in [0.1, 0.15) is 12.4 Å². The Morgan fingerprint density at radius 2 is 2.04 bits per heavy atom. The number of thiocarbonyl (C=S) groups is 1. The largest absolute Gasteiger partial charge is 0.493 e. The molecule has 0 heterocycles. The Morgan fingerprint density at radius 3 is 2.67 bits per heavy atom. The number of ether oxygens (including phenoxy) is 2. The van der Waals surface area contributed by atoms with E-state index in [9.17, 15) is 9.18 Å². The summed E-state index contributed by atoms with van der Waals surface area (Å²) in [5.41, 5.74) is 6.21. The van der Waals surface area contributed by atoms with Crippen molar-refractivity contribution in [1.82, 2.24) is 5.32 Å². The monoisotopic (exact) mass is 368 g/mol. The Balaban J connectivity index is 2.15. The first-order chi connectivity index (χ1) is 11.4. The summed E-state index contributed by atoms with van der Waals surface area (Å²) in [6.07, 6.45) is 0. The van der Waals surface area contributed by atoms with E-state index in [0.717, 1.165) is 0 Å². The Labute approximate surface area is 148 Å². The predicted octanol–water partition coefficient (Wildman–Crippen LogP) is 3.04. The fourth-order valence-corrected chi connectivity index (χ4v) is 2.22. The van der Waals surface area contributed by atoms with Crippen LogP contribution < -0.4 is 20.5 Å². The molecule has 1 amide bonds. The molecular weight excluding hydrogens is 355 g/mol. The zero-order chi connectivity index (χ0) is 17.7. The number of nitrogens with two attached hydrogens (primary N) is 1. The van der Waals surface area contributed by atoms with E-state index in [1.807, 2.05) is 0 Å². The van der Waals surface area contributed by atoms with Crippen LogP contribution in [-0.2, 0) is 6.61 Å². The van der Waals surface area contributed by atoms with Crippen molar-refractivity contribution in [3.63, 3.8) is 0 Å². The molecule has 0 atom stereocenters. The average molecular weight is 369 g/mol. The predicted molar refractivity (Wildman–Crippen MR) is 93.0 cm³/mol. The van der Waals surface area contributed by atoms with E-state index in [-0.39, 0.29) is 16.7 Å². The first kappa shape index (κ1) is 18.0. The van der Waals surface area contributed by atoms with Gasteiger partial charge in [0.2, 0.25) is 0 Å². The highest BCUT2D eigenvalue weighted by atomic mass is 35.5. The van der Waals surface area contributed by atoms with Crippen molar-refractivity contribution < 1.29 is 18.7 Å². The lowest BCUT2D eigenvalue weighted by molar-refractivity contribution is 0.0977. The highest BCUT2D eigenvalue weighted by Gasteiger charge is 2.12. The van der Waals surface area contributed by atoms with Gasteiger partial charge in [0.05, 0.1) is 12.1 Å². The normalized spacial score (nSPS) is 10.1. The minimum absolute atomic E-state index is 0.119. The number of carbonyl (C=O) groups excluding carboxylic acids is 1. The van der Waals surface area contributed by atoms with Gasteiger partial charge in [-0.2, -0.15) is 0 Å². The van der Waals surface area contributed by atoms with Crippen LogP contribution in [0.5, 0.6) is 11.5 Å². The Kier molecular flexibility index (Phi) is 5.94. The third-order valence-electron chi connectivity index (χ3n) is 3.06. The third kappa shape index (κ3) is 4.56. The van der Waals surface area contributed by atoms with E-state index in [1.165, 1.54) is 37.4 Å². The lowest BCUT2D eigenvalue weighted by atomic mass is 10.2. The highest BCUT2D eigenvalue weighted by Crippen LogP contribution is 2.29.